The molecule has 3 nitrogen and oxygen atoms in total. The number of esters is 1. The smallest absolute Gasteiger partial charge is 0.306 e. The van der Waals surface area contributed by atoms with Gasteiger partial charge in [0.1, 0.15) is 5.75 Å². The largest absolute Gasteiger partial charge is 0.506 e. The quantitative estimate of drug-likeness (QED) is 0.826. The minimum Gasteiger partial charge on any atom is -0.506 e. The molecule has 16 heavy (non-hydrogen) atoms. The zero-order chi connectivity index (χ0) is 12.1. The van der Waals surface area contributed by atoms with E-state index in [1.807, 2.05) is 13.0 Å². The number of benzene rings is 1. The Labute approximate surface area is 100.0 Å². The number of carbonyl (C=O) groups excluding carboxylic acids is 1. The van der Waals surface area contributed by atoms with E-state index in [4.69, 9.17) is 16.3 Å². The fourth-order valence-corrected chi connectivity index (χ4v) is 1.76. The Balaban J connectivity index is 2.70. The summed E-state index contributed by atoms with van der Waals surface area (Å²) in [6, 6.07) is 3.51. The molecule has 1 rings (SSSR count). The van der Waals surface area contributed by atoms with Crippen LogP contribution >= 0.6 is 11.6 Å². The molecule has 1 aromatic carbocycles. The predicted octanol–water partition coefficient (Wildman–Crippen LogP) is 2.85. The minimum atomic E-state index is -0.264. The predicted molar refractivity (Wildman–Crippen MR) is 62.8 cm³/mol. The van der Waals surface area contributed by atoms with E-state index in [2.05, 4.69) is 0 Å². The molecule has 0 unspecified atom stereocenters. The molecule has 0 spiro atoms. The Hall–Kier alpha value is -1.22. The van der Waals surface area contributed by atoms with Gasteiger partial charge in [0.05, 0.1) is 11.6 Å². The first-order chi connectivity index (χ1) is 7.54. The van der Waals surface area contributed by atoms with Crippen molar-refractivity contribution >= 4 is 17.6 Å². The van der Waals surface area contributed by atoms with Crippen molar-refractivity contribution in [2.45, 2.75) is 26.7 Å². The maximum absolute atomic E-state index is 11.2. The van der Waals surface area contributed by atoms with Crippen molar-refractivity contribution in [1.29, 1.82) is 0 Å². The monoisotopic (exact) mass is 242 g/mol. The highest BCUT2D eigenvalue weighted by molar-refractivity contribution is 6.32. The molecule has 88 valence electrons. The Morgan fingerprint density at radius 2 is 2.19 bits per heavy atom. The first-order valence-electron chi connectivity index (χ1n) is 5.18. The Bertz CT molecular complexity index is 388. The van der Waals surface area contributed by atoms with E-state index in [1.165, 1.54) is 0 Å². The van der Waals surface area contributed by atoms with E-state index >= 15 is 0 Å². The Kier molecular flexibility index (Phi) is 4.62. The topological polar surface area (TPSA) is 46.5 Å². The molecule has 4 heteroatoms. The van der Waals surface area contributed by atoms with Gasteiger partial charge < -0.3 is 9.84 Å². The second-order valence-corrected chi connectivity index (χ2v) is 3.97. The maximum Gasteiger partial charge on any atom is 0.306 e. The fourth-order valence-electron chi connectivity index (χ4n) is 1.47. The highest BCUT2D eigenvalue weighted by Crippen LogP contribution is 2.29. The van der Waals surface area contributed by atoms with Gasteiger partial charge in [0.25, 0.3) is 0 Å². The molecular formula is C12H15ClO3. The number of phenols is 1. The van der Waals surface area contributed by atoms with Crippen molar-refractivity contribution in [3.63, 3.8) is 0 Å². The average molecular weight is 243 g/mol. The Morgan fingerprint density at radius 1 is 1.50 bits per heavy atom. The molecule has 0 atom stereocenters. The van der Waals surface area contributed by atoms with Gasteiger partial charge in [-0.2, -0.15) is 0 Å². The summed E-state index contributed by atoms with van der Waals surface area (Å²) in [5, 5.41) is 10.00. The lowest BCUT2D eigenvalue weighted by molar-refractivity contribution is -0.143. The van der Waals surface area contributed by atoms with Gasteiger partial charge in [-0.25, -0.2) is 0 Å². The molecule has 0 bridgehead atoms. The van der Waals surface area contributed by atoms with Crippen LogP contribution in [0.3, 0.4) is 0 Å². The van der Waals surface area contributed by atoms with Crippen molar-refractivity contribution in [3.05, 3.63) is 28.3 Å². The number of phenolic OH excluding ortho intramolecular Hbond substituents is 1. The van der Waals surface area contributed by atoms with Crippen molar-refractivity contribution in [1.82, 2.24) is 0 Å². The minimum absolute atomic E-state index is 0.0524. The van der Waals surface area contributed by atoms with Crippen LogP contribution in [0.2, 0.25) is 5.02 Å². The van der Waals surface area contributed by atoms with Crippen LogP contribution in [0.1, 0.15) is 24.5 Å². The van der Waals surface area contributed by atoms with Crippen LogP contribution in [-0.2, 0) is 16.0 Å². The molecule has 0 saturated heterocycles. The first-order valence-corrected chi connectivity index (χ1v) is 5.56. The van der Waals surface area contributed by atoms with Crippen LogP contribution in [0.5, 0.6) is 5.75 Å². The lowest BCUT2D eigenvalue weighted by Crippen LogP contribution is -2.05. The molecular weight excluding hydrogens is 228 g/mol. The summed E-state index contributed by atoms with van der Waals surface area (Å²) in [5.74, 6) is -0.212. The summed E-state index contributed by atoms with van der Waals surface area (Å²) in [6.45, 7) is 4.03. The molecule has 1 N–H and O–H groups in total. The van der Waals surface area contributed by atoms with E-state index in [-0.39, 0.29) is 18.1 Å². The molecule has 0 aliphatic heterocycles. The lowest BCUT2D eigenvalue weighted by atomic mass is 10.1. The number of hydrogen-bond acceptors (Lipinski definition) is 3. The average Bonchev–Trinajstić information content (AvgIpc) is 2.21. The van der Waals surface area contributed by atoms with Gasteiger partial charge in [-0.1, -0.05) is 17.7 Å². The molecule has 0 aliphatic rings. The maximum atomic E-state index is 11.2. The molecule has 0 saturated carbocycles. The summed E-state index contributed by atoms with van der Waals surface area (Å²) in [4.78, 5) is 11.2. The van der Waals surface area contributed by atoms with E-state index in [9.17, 15) is 9.90 Å². The number of ether oxygens (including phenoxy) is 1. The van der Waals surface area contributed by atoms with Crippen LogP contribution in [0.15, 0.2) is 12.1 Å². The lowest BCUT2D eigenvalue weighted by Gasteiger charge is -2.07. The summed E-state index contributed by atoms with van der Waals surface area (Å²) in [5.41, 5.74) is 1.64. The summed E-state index contributed by atoms with van der Waals surface area (Å²) in [7, 11) is 0. The molecule has 0 radical (unpaired) electrons. The van der Waals surface area contributed by atoms with Crippen molar-refractivity contribution in [2.75, 3.05) is 6.61 Å². The molecule has 0 aliphatic carbocycles. The molecule has 0 fully saturated rings. The van der Waals surface area contributed by atoms with Gasteiger partial charge in [-0.05, 0) is 37.5 Å². The summed E-state index contributed by atoms with van der Waals surface area (Å²) in [6.07, 6.45) is 0.688. The Morgan fingerprint density at radius 3 is 2.81 bits per heavy atom. The number of halogens is 1. The van der Waals surface area contributed by atoms with Crippen molar-refractivity contribution in [2.24, 2.45) is 0 Å². The molecule has 0 heterocycles. The number of aryl methyl sites for hydroxylation is 2. The van der Waals surface area contributed by atoms with Gasteiger partial charge in [-0.3, -0.25) is 4.79 Å². The normalized spacial score (nSPS) is 10.2. The third kappa shape index (κ3) is 3.42. The second-order valence-electron chi connectivity index (χ2n) is 3.56. The molecule has 0 amide bonds. The van der Waals surface area contributed by atoms with Crippen LogP contribution in [0.4, 0.5) is 0 Å². The fraction of sp³-hybridized carbons (Fsp3) is 0.417. The van der Waals surface area contributed by atoms with E-state index in [0.29, 0.717) is 23.6 Å². The number of aromatic hydroxyl groups is 1. The number of rotatable bonds is 4. The van der Waals surface area contributed by atoms with Gasteiger partial charge >= 0.3 is 5.97 Å². The van der Waals surface area contributed by atoms with Crippen LogP contribution in [0.25, 0.3) is 0 Å². The van der Waals surface area contributed by atoms with Gasteiger partial charge in [0.15, 0.2) is 0 Å². The van der Waals surface area contributed by atoms with Gasteiger partial charge in [0.2, 0.25) is 0 Å². The van der Waals surface area contributed by atoms with Crippen LogP contribution < -0.4 is 0 Å². The summed E-state index contributed by atoms with van der Waals surface area (Å²) >= 11 is 5.83. The molecule has 0 aromatic heterocycles. The highest BCUT2D eigenvalue weighted by atomic mass is 35.5. The van der Waals surface area contributed by atoms with Crippen molar-refractivity contribution < 1.29 is 14.6 Å². The number of hydrogen-bond donors (Lipinski definition) is 1. The van der Waals surface area contributed by atoms with Crippen molar-refractivity contribution in [3.8, 4) is 5.75 Å². The first kappa shape index (κ1) is 12.8. The van der Waals surface area contributed by atoms with Crippen LogP contribution in [-0.4, -0.2) is 17.7 Å². The standard InChI is InChI=1S/C12H15ClO3/c1-3-16-11(14)5-4-9-6-8(2)7-10(13)12(9)15/h6-7,15H,3-5H2,1-2H3. The zero-order valence-corrected chi connectivity index (χ0v) is 10.2. The van der Waals surface area contributed by atoms with E-state index in [1.54, 1.807) is 13.0 Å². The third-order valence-corrected chi connectivity index (χ3v) is 2.48. The SMILES string of the molecule is CCOC(=O)CCc1cc(C)cc(Cl)c1O. The van der Waals surface area contributed by atoms with E-state index in [0.717, 1.165) is 5.56 Å². The van der Waals surface area contributed by atoms with Gasteiger partial charge in [0, 0.05) is 6.42 Å². The van der Waals surface area contributed by atoms with E-state index < -0.39 is 0 Å². The zero-order valence-electron chi connectivity index (χ0n) is 9.42. The van der Waals surface area contributed by atoms with Crippen LogP contribution in [0, 0.1) is 6.92 Å². The summed E-state index contributed by atoms with van der Waals surface area (Å²) < 4.78 is 4.81. The molecule has 1 aromatic rings. The highest BCUT2D eigenvalue weighted by Gasteiger charge is 2.09. The number of carbonyl (C=O) groups is 1. The van der Waals surface area contributed by atoms with Gasteiger partial charge in [-0.15, -0.1) is 0 Å². The third-order valence-electron chi connectivity index (χ3n) is 2.19. The second kappa shape index (κ2) is 5.75.